The Kier molecular flexibility index (Phi) is 6.23. The highest BCUT2D eigenvalue weighted by molar-refractivity contribution is 5.19. The first kappa shape index (κ1) is 21.1. The van der Waals surface area contributed by atoms with Gasteiger partial charge >= 0.3 is 0 Å². The van der Waals surface area contributed by atoms with Gasteiger partial charge in [0.2, 0.25) is 0 Å². The minimum Gasteiger partial charge on any atom is -0.390 e. The number of benzene rings is 1. The molecule has 2 fully saturated rings. The predicted molar refractivity (Wildman–Crippen MR) is 119 cm³/mol. The number of hydrogen-bond donors (Lipinski definition) is 1. The van der Waals surface area contributed by atoms with Gasteiger partial charge in [0, 0.05) is 5.41 Å². The van der Waals surface area contributed by atoms with Crippen molar-refractivity contribution in [2.75, 3.05) is 0 Å². The van der Waals surface area contributed by atoms with Gasteiger partial charge in [0.1, 0.15) is 0 Å². The average Bonchev–Trinajstić information content (AvgIpc) is 3.03. The van der Waals surface area contributed by atoms with Crippen molar-refractivity contribution < 1.29 is 9.84 Å². The van der Waals surface area contributed by atoms with E-state index in [1.807, 2.05) is 0 Å². The fourth-order valence-electron chi connectivity index (χ4n) is 6.93. The lowest BCUT2D eigenvalue weighted by Gasteiger charge is -2.51. The number of allylic oxidation sites excluding steroid dienone is 1. The van der Waals surface area contributed by atoms with Crippen LogP contribution in [0.1, 0.15) is 77.7 Å². The Hall–Kier alpha value is -1.12. The first-order chi connectivity index (χ1) is 13.9. The topological polar surface area (TPSA) is 29.5 Å². The molecule has 0 aliphatic heterocycles. The highest BCUT2D eigenvalue weighted by atomic mass is 16.5. The third-order valence-corrected chi connectivity index (χ3v) is 8.36. The first-order valence-corrected chi connectivity index (χ1v) is 12.0. The molecule has 2 nitrogen and oxygen atoms in total. The molecule has 160 valence electrons. The summed E-state index contributed by atoms with van der Waals surface area (Å²) in [5.74, 6) is 3.02. The van der Waals surface area contributed by atoms with E-state index in [1.165, 1.54) is 37.7 Å². The Labute approximate surface area is 177 Å². The van der Waals surface area contributed by atoms with Crippen molar-refractivity contribution in [1.29, 1.82) is 0 Å². The van der Waals surface area contributed by atoms with Crippen LogP contribution in [0.3, 0.4) is 0 Å². The normalized spacial score (nSPS) is 38.3. The SMILES string of the molecule is CCC[C@@](C)(O)C[C@H]1CCC2[C@H](CCC3(C)C(OCc4ccccc4)C=C[C@@H]23)C1. The van der Waals surface area contributed by atoms with Gasteiger partial charge in [0.05, 0.1) is 18.3 Å². The minimum atomic E-state index is -0.473. The zero-order chi connectivity index (χ0) is 20.5. The van der Waals surface area contributed by atoms with Crippen molar-refractivity contribution in [3.63, 3.8) is 0 Å². The summed E-state index contributed by atoms with van der Waals surface area (Å²) < 4.78 is 6.44. The molecule has 0 heterocycles. The van der Waals surface area contributed by atoms with E-state index in [2.05, 4.69) is 63.3 Å². The minimum absolute atomic E-state index is 0.247. The molecule has 7 atom stereocenters. The van der Waals surface area contributed by atoms with Gasteiger partial charge in [-0.15, -0.1) is 0 Å². The highest BCUT2D eigenvalue weighted by Gasteiger charge is 2.53. The van der Waals surface area contributed by atoms with E-state index in [9.17, 15) is 5.11 Å². The van der Waals surface area contributed by atoms with Gasteiger partial charge in [-0.1, -0.05) is 69.2 Å². The number of ether oxygens (including phenoxy) is 1. The largest absolute Gasteiger partial charge is 0.390 e. The highest BCUT2D eigenvalue weighted by Crippen LogP contribution is 2.58. The molecule has 2 saturated carbocycles. The van der Waals surface area contributed by atoms with Crippen LogP contribution in [0.2, 0.25) is 0 Å². The lowest BCUT2D eigenvalue weighted by molar-refractivity contribution is -0.0805. The Morgan fingerprint density at radius 2 is 1.93 bits per heavy atom. The summed E-state index contributed by atoms with van der Waals surface area (Å²) in [6, 6.07) is 10.6. The van der Waals surface area contributed by atoms with E-state index >= 15 is 0 Å². The monoisotopic (exact) mass is 396 g/mol. The Morgan fingerprint density at radius 3 is 2.69 bits per heavy atom. The van der Waals surface area contributed by atoms with Crippen LogP contribution < -0.4 is 0 Å². The second-order valence-corrected chi connectivity index (χ2v) is 10.7. The summed E-state index contributed by atoms with van der Waals surface area (Å²) in [4.78, 5) is 0. The van der Waals surface area contributed by atoms with Crippen molar-refractivity contribution in [3.05, 3.63) is 48.0 Å². The molecule has 0 spiro atoms. The molecule has 1 aromatic carbocycles. The summed E-state index contributed by atoms with van der Waals surface area (Å²) in [6.07, 6.45) is 14.6. The number of aliphatic hydroxyl groups is 1. The number of hydrogen-bond acceptors (Lipinski definition) is 2. The zero-order valence-corrected chi connectivity index (χ0v) is 18.6. The van der Waals surface area contributed by atoms with E-state index < -0.39 is 5.60 Å². The van der Waals surface area contributed by atoms with Crippen LogP contribution in [0.4, 0.5) is 0 Å². The molecule has 1 aromatic rings. The van der Waals surface area contributed by atoms with Gasteiger partial charge < -0.3 is 9.84 Å². The lowest BCUT2D eigenvalue weighted by Crippen LogP contribution is -2.46. The Bertz CT molecular complexity index is 694. The molecule has 0 amide bonds. The maximum Gasteiger partial charge on any atom is 0.0819 e. The standard InChI is InChI=1S/C27H40O2/c1-4-15-26(2,28)18-21-10-11-23-22(17-21)14-16-27(3)24(23)12-13-25(27)29-19-20-8-6-5-7-9-20/h5-9,12-13,21-25,28H,4,10-11,14-19H2,1-3H3/t21-,22+,23?,24-,25?,26+,27?/m0/s1. The summed E-state index contributed by atoms with van der Waals surface area (Å²) in [7, 11) is 0. The van der Waals surface area contributed by atoms with Crippen LogP contribution in [0.5, 0.6) is 0 Å². The van der Waals surface area contributed by atoms with Crippen LogP contribution in [-0.2, 0) is 11.3 Å². The van der Waals surface area contributed by atoms with Gasteiger partial charge in [-0.25, -0.2) is 0 Å². The maximum atomic E-state index is 10.7. The van der Waals surface area contributed by atoms with Gasteiger partial charge in [0.25, 0.3) is 0 Å². The second-order valence-electron chi connectivity index (χ2n) is 10.7. The lowest BCUT2D eigenvalue weighted by atomic mass is 9.54. The van der Waals surface area contributed by atoms with E-state index in [0.29, 0.717) is 18.4 Å². The van der Waals surface area contributed by atoms with Crippen molar-refractivity contribution in [1.82, 2.24) is 0 Å². The Balaban J connectivity index is 1.36. The molecule has 3 unspecified atom stereocenters. The fraction of sp³-hybridized carbons (Fsp3) is 0.704. The van der Waals surface area contributed by atoms with Crippen LogP contribution in [0.25, 0.3) is 0 Å². The average molecular weight is 397 g/mol. The van der Waals surface area contributed by atoms with Crippen molar-refractivity contribution >= 4 is 0 Å². The van der Waals surface area contributed by atoms with E-state index in [4.69, 9.17) is 4.74 Å². The van der Waals surface area contributed by atoms with E-state index in [-0.39, 0.29) is 11.5 Å². The Morgan fingerprint density at radius 1 is 1.14 bits per heavy atom. The molecule has 0 saturated heterocycles. The molecule has 0 aromatic heterocycles. The third-order valence-electron chi connectivity index (χ3n) is 8.36. The quantitative estimate of drug-likeness (QED) is 0.531. The number of fused-ring (bicyclic) bond motifs is 3. The van der Waals surface area contributed by atoms with Crippen molar-refractivity contribution in [3.8, 4) is 0 Å². The van der Waals surface area contributed by atoms with Crippen molar-refractivity contribution in [2.45, 2.75) is 90.4 Å². The van der Waals surface area contributed by atoms with Gasteiger partial charge in [-0.3, -0.25) is 0 Å². The molecule has 29 heavy (non-hydrogen) atoms. The molecule has 4 rings (SSSR count). The third kappa shape index (κ3) is 4.49. The van der Waals surface area contributed by atoms with E-state index in [0.717, 1.165) is 31.1 Å². The van der Waals surface area contributed by atoms with Crippen LogP contribution in [0, 0.1) is 29.1 Å². The fourth-order valence-corrected chi connectivity index (χ4v) is 6.93. The molecular formula is C27H40O2. The molecule has 1 N–H and O–H groups in total. The summed E-state index contributed by atoms with van der Waals surface area (Å²) >= 11 is 0. The van der Waals surface area contributed by atoms with Gasteiger partial charge in [-0.05, 0) is 74.7 Å². The van der Waals surface area contributed by atoms with Crippen LogP contribution >= 0.6 is 0 Å². The summed E-state index contributed by atoms with van der Waals surface area (Å²) in [5.41, 5.74) is 1.05. The molecule has 2 heteroatoms. The zero-order valence-electron chi connectivity index (χ0n) is 18.6. The van der Waals surface area contributed by atoms with Crippen LogP contribution in [0.15, 0.2) is 42.5 Å². The van der Waals surface area contributed by atoms with Gasteiger partial charge in [0.15, 0.2) is 0 Å². The molecule has 0 radical (unpaired) electrons. The first-order valence-electron chi connectivity index (χ1n) is 12.0. The van der Waals surface area contributed by atoms with Gasteiger partial charge in [-0.2, -0.15) is 0 Å². The molecule has 3 aliphatic carbocycles. The smallest absolute Gasteiger partial charge is 0.0819 e. The molecule has 3 aliphatic rings. The summed E-state index contributed by atoms with van der Waals surface area (Å²) in [6.45, 7) is 7.41. The predicted octanol–water partition coefficient (Wildman–Crippen LogP) is 6.53. The van der Waals surface area contributed by atoms with Crippen LogP contribution in [-0.4, -0.2) is 16.8 Å². The maximum absolute atomic E-state index is 10.7. The molecular weight excluding hydrogens is 356 g/mol. The number of rotatable bonds is 7. The summed E-state index contributed by atoms with van der Waals surface area (Å²) in [5, 5.41) is 10.7. The van der Waals surface area contributed by atoms with Crippen molar-refractivity contribution in [2.24, 2.45) is 29.1 Å². The van der Waals surface area contributed by atoms with E-state index in [1.54, 1.807) is 0 Å². The molecule has 0 bridgehead atoms. The second kappa shape index (κ2) is 8.55.